The minimum absolute atomic E-state index is 0.162. The number of thiazole rings is 1. The van der Waals surface area contributed by atoms with Crippen LogP contribution in [0.1, 0.15) is 42.6 Å². The topological polar surface area (TPSA) is 82.9 Å². The van der Waals surface area contributed by atoms with Gasteiger partial charge in [0.15, 0.2) is 0 Å². The number of hydrazone groups is 1. The highest BCUT2D eigenvalue weighted by Gasteiger charge is 2.25. The SMILES string of the molecule is CCCN(CCC)S(=O)(=O)c1ccc(C(=O)N(/N=C/c2ccccc2)c2nc3ccc(Br)cc3s2)cc1. The summed E-state index contributed by atoms with van der Waals surface area (Å²) in [5.74, 6) is -0.409. The summed E-state index contributed by atoms with van der Waals surface area (Å²) in [5, 5.41) is 6.15. The predicted molar refractivity (Wildman–Crippen MR) is 154 cm³/mol. The lowest BCUT2D eigenvalue weighted by Gasteiger charge is -2.21. The number of nitrogens with zero attached hydrogens (tertiary/aromatic N) is 4. The van der Waals surface area contributed by atoms with Gasteiger partial charge >= 0.3 is 0 Å². The van der Waals surface area contributed by atoms with Gasteiger partial charge in [0.2, 0.25) is 15.2 Å². The van der Waals surface area contributed by atoms with E-state index in [4.69, 9.17) is 0 Å². The van der Waals surface area contributed by atoms with Gasteiger partial charge in [0, 0.05) is 23.1 Å². The second kappa shape index (κ2) is 12.1. The van der Waals surface area contributed by atoms with Gasteiger partial charge in [-0.25, -0.2) is 13.4 Å². The number of fused-ring (bicyclic) bond motifs is 1. The number of carbonyl (C=O) groups is 1. The van der Waals surface area contributed by atoms with E-state index < -0.39 is 15.9 Å². The van der Waals surface area contributed by atoms with Gasteiger partial charge in [-0.3, -0.25) is 4.79 Å². The number of carbonyl (C=O) groups excluding carboxylic acids is 1. The Hall–Kier alpha value is -2.92. The summed E-state index contributed by atoms with van der Waals surface area (Å²) in [6, 6.07) is 21.2. The molecule has 1 amide bonds. The lowest BCUT2D eigenvalue weighted by atomic mass is 10.2. The molecule has 1 heterocycles. The Morgan fingerprint density at radius 1 is 1.00 bits per heavy atom. The molecular formula is C27H27BrN4O3S2. The number of hydrogen-bond donors (Lipinski definition) is 0. The van der Waals surface area contributed by atoms with Gasteiger partial charge in [-0.05, 0) is 60.9 Å². The van der Waals surface area contributed by atoms with Crippen molar-refractivity contribution >= 4 is 64.8 Å². The van der Waals surface area contributed by atoms with Crippen LogP contribution in [0, 0.1) is 0 Å². The number of sulfonamides is 1. The van der Waals surface area contributed by atoms with Gasteiger partial charge < -0.3 is 0 Å². The normalized spacial score (nSPS) is 12.0. The number of anilines is 1. The van der Waals surface area contributed by atoms with Gasteiger partial charge in [-0.1, -0.05) is 71.4 Å². The highest BCUT2D eigenvalue weighted by molar-refractivity contribution is 9.10. The Labute approximate surface area is 229 Å². The molecule has 0 atom stereocenters. The third-order valence-corrected chi connectivity index (χ3v) is 8.92. The van der Waals surface area contributed by atoms with Crippen molar-refractivity contribution in [3.8, 4) is 0 Å². The third-order valence-electron chi connectivity index (χ3n) is 5.52. The average molecular weight is 600 g/mol. The van der Waals surface area contributed by atoms with Gasteiger partial charge in [-0.2, -0.15) is 14.4 Å². The summed E-state index contributed by atoms with van der Waals surface area (Å²) >= 11 is 4.82. The number of hydrogen-bond acceptors (Lipinski definition) is 6. The van der Waals surface area contributed by atoms with E-state index in [2.05, 4.69) is 26.0 Å². The first-order valence-corrected chi connectivity index (χ1v) is 15.0. The number of halogens is 1. The van der Waals surface area contributed by atoms with Gasteiger partial charge in [0.1, 0.15) is 0 Å². The summed E-state index contributed by atoms with van der Waals surface area (Å²) in [6.07, 6.45) is 3.05. The number of aromatic nitrogens is 1. The van der Waals surface area contributed by atoms with Gasteiger partial charge in [-0.15, -0.1) is 0 Å². The maximum absolute atomic E-state index is 13.6. The van der Waals surface area contributed by atoms with Crippen molar-refractivity contribution in [3.63, 3.8) is 0 Å². The largest absolute Gasteiger partial charge is 0.280 e. The summed E-state index contributed by atoms with van der Waals surface area (Å²) in [5.41, 5.74) is 1.89. The smallest absolute Gasteiger partial charge is 0.267 e. The van der Waals surface area contributed by atoms with E-state index in [1.54, 1.807) is 6.21 Å². The molecule has 0 saturated heterocycles. The Bertz CT molecular complexity index is 1500. The Balaban J connectivity index is 1.68. The molecular weight excluding hydrogens is 572 g/mol. The van der Waals surface area contributed by atoms with Crippen LogP contribution in [0.2, 0.25) is 0 Å². The minimum atomic E-state index is -3.64. The van der Waals surface area contributed by atoms with Crippen LogP contribution in [0.15, 0.2) is 87.3 Å². The number of benzene rings is 3. The van der Waals surface area contributed by atoms with E-state index in [0.29, 0.717) is 23.8 Å². The van der Waals surface area contributed by atoms with Crippen LogP contribution in [0.5, 0.6) is 0 Å². The number of rotatable bonds is 10. The van der Waals surface area contributed by atoms with Crippen LogP contribution in [0.3, 0.4) is 0 Å². The van der Waals surface area contributed by atoms with Gasteiger partial charge in [0.25, 0.3) is 5.91 Å². The van der Waals surface area contributed by atoms with Crippen molar-refractivity contribution in [2.75, 3.05) is 18.1 Å². The molecule has 0 aliphatic heterocycles. The molecule has 3 aromatic carbocycles. The third kappa shape index (κ3) is 6.32. The fourth-order valence-corrected chi connectivity index (χ4v) is 6.82. The predicted octanol–water partition coefficient (Wildman–Crippen LogP) is 6.55. The molecule has 0 fully saturated rings. The van der Waals surface area contributed by atoms with Crippen LogP contribution in [0.4, 0.5) is 5.13 Å². The summed E-state index contributed by atoms with van der Waals surface area (Å²) in [6.45, 7) is 4.80. The molecule has 0 radical (unpaired) electrons. The molecule has 192 valence electrons. The fourth-order valence-electron chi connectivity index (χ4n) is 3.72. The van der Waals surface area contributed by atoms with Crippen LogP contribution < -0.4 is 5.01 Å². The van der Waals surface area contributed by atoms with E-state index in [1.807, 2.05) is 62.4 Å². The molecule has 0 spiro atoms. The quantitative estimate of drug-likeness (QED) is 0.153. The molecule has 37 heavy (non-hydrogen) atoms. The van der Waals surface area contributed by atoms with Crippen molar-refractivity contribution < 1.29 is 13.2 Å². The lowest BCUT2D eigenvalue weighted by Crippen LogP contribution is -2.32. The molecule has 0 bridgehead atoms. The van der Waals surface area contributed by atoms with E-state index >= 15 is 0 Å². The van der Waals surface area contributed by atoms with Crippen LogP contribution in [-0.4, -0.2) is 42.9 Å². The first-order chi connectivity index (χ1) is 17.8. The van der Waals surface area contributed by atoms with Crippen molar-refractivity contribution in [2.24, 2.45) is 5.10 Å². The summed E-state index contributed by atoms with van der Waals surface area (Å²) in [7, 11) is -3.64. The molecule has 4 rings (SSSR count). The van der Waals surface area contributed by atoms with Crippen molar-refractivity contribution in [1.29, 1.82) is 0 Å². The molecule has 1 aromatic heterocycles. The maximum Gasteiger partial charge on any atom is 0.280 e. The molecule has 0 unspecified atom stereocenters. The molecule has 0 aliphatic carbocycles. The van der Waals surface area contributed by atoms with Crippen molar-refractivity contribution in [2.45, 2.75) is 31.6 Å². The molecule has 0 saturated carbocycles. The van der Waals surface area contributed by atoms with E-state index in [-0.39, 0.29) is 4.90 Å². The fraction of sp³-hybridized carbons (Fsp3) is 0.222. The first kappa shape index (κ1) is 27.1. The lowest BCUT2D eigenvalue weighted by molar-refractivity contribution is 0.0987. The Kier molecular flexibility index (Phi) is 8.86. The average Bonchev–Trinajstić information content (AvgIpc) is 3.32. The molecule has 10 heteroatoms. The molecule has 7 nitrogen and oxygen atoms in total. The van der Waals surface area contributed by atoms with E-state index in [9.17, 15) is 13.2 Å². The summed E-state index contributed by atoms with van der Waals surface area (Å²) in [4.78, 5) is 18.4. The minimum Gasteiger partial charge on any atom is -0.267 e. The highest BCUT2D eigenvalue weighted by atomic mass is 79.9. The molecule has 0 aliphatic rings. The van der Waals surface area contributed by atoms with Crippen molar-refractivity contribution in [1.82, 2.24) is 9.29 Å². The zero-order chi connectivity index (χ0) is 26.4. The van der Waals surface area contributed by atoms with Crippen LogP contribution in [-0.2, 0) is 10.0 Å². The maximum atomic E-state index is 13.6. The van der Waals surface area contributed by atoms with Crippen molar-refractivity contribution in [3.05, 3.63) is 88.4 Å². The second-order valence-electron chi connectivity index (χ2n) is 8.31. The standard InChI is InChI=1S/C27H27BrN4O3S2/c1-3-16-31(17-4-2)37(34,35)23-13-10-21(11-14-23)26(33)32(29-19-20-8-6-5-7-9-20)27-30-24-15-12-22(28)18-25(24)36-27/h5-15,18-19H,3-4,16-17H2,1-2H3/b29-19+. The highest BCUT2D eigenvalue weighted by Crippen LogP contribution is 2.32. The molecule has 0 N–H and O–H groups in total. The monoisotopic (exact) mass is 598 g/mol. The summed E-state index contributed by atoms with van der Waals surface area (Å²) < 4.78 is 29.6. The van der Waals surface area contributed by atoms with E-state index in [1.165, 1.54) is 44.9 Å². The zero-order valence-electron chi connectivity index (χ0n) is 20.5. The van der Waals surface area contributed by atoms with E-state index in [0.717, 1.165) is 33.1 Å². The van der Waals surface area contributed by atoms with Crippen LogP contribution in [0.25, 0.3) is 10.2 Å². The first-order valence-electron chi connectivity index (χ1n) is 11.9. The number of amides is 1. The zero-order valence-corrected chi connectivity index (χ0v) is 23.8. The van der Waals surface area contributed by atoms with Crippen LogP contribution >= 0.6 is 27.3 Å². The Morgan fingerprint density at radius 2 is 1.68 bits per heavy atom. The van der Waals surface area contributed by atoms with Gasteiger partial charge in [0.05, 0.1) is 21.3 Å². The Morgan fingerprint density at radius 3 is 2.32 bits per heavy atom. The molecule has 4 aromatic rings. The second-order valence-corrected chi connectivity index (χ2v) is 12.2.